The molecule has 0 radical (unpaired) electrons. The van der Waals surface area contributed by atoms with Crippen LogP contribution in [0.1, 0.15) is 32.1 Å². The number of hydrogen-bond donors (Lipinski definition) is 2. The Kier molecular flexibility index (Phi) is 6.47. The summed E-state index contributed by atoms with van der Waals surface area (Å²) < 4.78 is 19.1. The van der Waals surface area contributed by atoms with Gasteiger partial charge in [-0.1, -0.05) is 0 Å². The van der Waals surface area contributed by atoms with Crippen molar-refractivity contribution in [3.05, 3.63) is 66.7 Å². The van der Waals surface area contributed by atoms with E-state index in [9.17, 15) is 9.18 Å². The molecule has 3 aromatic heterocycles. The van der Waals surface area contributed by atoms with Crippen molar-refractivity contribution in [2.45, 2.75) is 38.2 Å². The Morgan fingerprint density at radius 1 is 0.886 bits per heavy atom. The van der Waals surface area contributed by atoms with Gasteiger partial charge in [0.15, 0.2) is 11.6 Å². The van der Waals surface area contributed by atoms with Gasteiger partial charge in [0, 0.05) is 41.6 Å². The Balaban J connectivity index is 1.20. The average Bonchev–Trinajstić information content (AvgIpc) is 3.36. The monoisotopic (exact) mass is 473 g/mol. The molecule has 0 bridgehead atoms. The molecule has 0 aliphatic heterocycles. The zero-order valence-corrected chi connectivity index (χ0v) is 18.9. The highest BCUT2D eigenvalue weighted by Crippen LogP contribution is 2.30. The number of carbonyl (C=O) groups is 1. The van der Waals surface area contributed by atoms with Gasteiger partial charge in [-0.05, 0) is 74.1 Å². The fourth-order valence-electron chi connectivity index (χ4n) is 4.31. The van der Waals surface area contributed by atoms with Gasteiger partial charge in [-0.2, -0.15) is 0 Å². The second kappa shape index (κ2) is 10.0. The lowest BCUT2D eigenvalue weighted by Crippen LogP contribution is -2.25. The second-order valence-electron chi connectivity index (χ2n) is 8.70. The minimum atomic E-state index is -0.733. The van der Waals surface area contributed by atoms with Crippen LogP contribution in [0.15, 0.2) is 60.9 Å². The van der Waals surface area contributed by atoms with Crippen LogP contribution in [0.25, 0.3) is 34.0 Å². The number of pyridine rings is 2. The normalized spacial score (nSPS) is 17.7. The van der Waals surface area contributed by atoms with Gasteiger partial charge in [-0.3, -0.25) is 9.78 Å². The molecule has 1 fully saturated rings. The van der Waals surface area contributed by atoms with E-state index >= 15 is 0 Å². The third kappa shape index (κ3) is 5.51. The summed E-state index contributed by atoms with van der Waals surface area (Å²) in [6, 6.07) is 13.6. The maximum absolute atomic E-state index is 13.1. The van der Waals surface area contributed by atoms with E-state index < -0.39 is 5.97 Å². The summed E-state index contributed by atoms with van der Waals surface area (Å²) in [6.07, 6.45) is 7.15. The number of nitrogens with zero attached hydrogens (tertiary/aromatic N) is 4. The largest absolute Gasteiger partial charge is 0.481 e. The quantitative estimate of drug-likeness (QED) is 0.382. The number of halogens is 1. The highest BCUT2D eigenvalue weighted by molar-refractivity contribution is 5.67. The van der Waals surface area contributed by atoms with E-state index in [-0.39, 0.29) is 24.3 Å². The van der Waals surface area contributed by atoms with Gasteiger partial charge < -0.3 is 14.8 Å². The number of benzene rings is 1. The van der Waals surface area contributed by atoms with Gasteiger partial charge in [0.2, 0.25) is 5.88 Å². The first-order valence-corrected chi connectivity index (χ1v) is 11.5. The molecule has 0 saturated heterocycles. The smallest absolute Gasteiger partial charge is 0.303 e. The van der Waals surface area contributed by atoms with Crippen molar-refractivity contribution in [2.75, 3.05) is 0 Å². The molecule has 2 N–H and O–H groups in total. The maximum Gasteiger partial charge on any atom is 0.303 e. The Hall–Kier alpha value is -4.14. The Morgan fingerprint density at radius 2 is 1.54 bits per heavy atom. The molecule has 4 aromatic rings. The summed E-state index contributed by atoms with van der Waals surface area (Å²) in [5, 5.41) is 17.3. The van der Waals surface area contributed by atoms with E-state index in [2.05, 4.69) is 25.1 Å². The fraction of sp³-hybridized carbons (Fsp3) is 0.269. The van der Waals surface area contributed by atoms with E-state index in [0.717, 1.165) is 48.1 Å². The van der Waals surface area contributed by atoms with Crippen molar-refractivity contribution < 1.29 is 19.0 Å². The van der Waals surface area contributed by atoms with Crippen molar-refractivity contribution in [3.8, 4) is 39.9 Å². The number of rotatable bonds is 7. The molecule has 9 heteroatoms. The molecule has 0 unspecified atom stereocenters. The number of nitrogens with one attached hydrogen (secondary N) is 1. The SMILES string of the molecule is O=C(O)C[C@H]1CC[C@H](Oc2ccc(-c3ccc(-c4nnc(-c5ccc(F)cc5)[nH]4)cn3)cn2)CC1. The topological polar surface area (TPSA) is 114 Å². The van der Waals surface area contributed by atoms with E-state index in [1.54, 1.807) is 24.5 Å². The second-order valence-corrected chi connectivity index (χ2v) is 8.70. The Labute approximate surface area is 201 Å². The summed E-state index contributed by atoms with van der Waals surface area (Å²) >= 11 is 0. The number of ether oxygens (including phenoxy) is 1. The molecule has 5 rings (SSSR count). The van der Waals surface area contributed by atoms with Crippen molar-refractivity contribution >= 4 is 5.97 Å². The average molecular weight is 474 g/mol. The Morgan fingerprint density at radius 3 is 2.17 bits per heavy atom. The van der Waals surface area contributed by atoms with Gasteiger partial charge in [0.1, 0.15) is 11.9 Å². The van der Waals surface area contributed by atoms with Gasteiger partial charge in [-0.15, -0.1) is 10.2 Å². The van der Waals surface area contributed by atoms with Crippen LogP contribution in [0.4, 0.5) is 4.39 Å². The number of aromatic nitrogens is 5. The van der Waals surface area contributed by atoms with E-state index in [1.165, 1.54) is 12.1 Å². The third-order valence-corrected chi connectivity index (χ3v) is 6.22. The third-order valence-electron chi connectivity index (χ3n) is 6.22. The van der Waals surface area contributed by atoms with Crippen molar-refractivity contribution in [1.82, 2.24) is 25.1 Å². The molecule has 8 nitrogen and oxygen atoms in total. The van der Waals surface area contributed by atoms with E-state index in [1.807, 2.05) is 24.3 Å². The van der Waals surface area contributed by atoms with Gasteiger partial charge in [-0.25, -0.2) is 9.37 Å². The van der Waals surface area contributed by atoms with Gasteiger partial charge >= 0.3 is 5.97 Å². The summed E-state index contributed by atoms with van der Waals surface area (Å²) in [6.45, 7) is 0. The van der Waals surface area contributed by atoms with Crippen molar-refractivity contribution in [2.24, 2.45) is 5.92 Å². The number of aromatic amines is 1. The number of aliphatic carboxylic acids is 1. The molecule has 0 amide bonds. The van der Waals surface area contributed by atoms with Crippen LogP contribution in [0.3, 0.4) is 0 Å². The first-order chi connectivity index (χ1) is 17.0. The molecule has 1 aromatic carbocycles. The predicted octanol–water partition coefficient (Wildman–Crippen LogP) is 5.15. The van der Waals surface area contributed by atoms with Crippen LogP contribution >= 0.6 is 0 Å². The highest BCUT2D eigenvalue weighted by atomic mass is 19.1. The molecule has 1 aliphatic rings. The molecule has 1 saturated carbocycles. The lowest BCUT2D eigenvalue weighted by molar-refractivity contribution is -0.138. The molecule has 35 heavy (non-hydrogen) atoms. The van der Waals surface area contributed by atoms with Crippen LogP contribution in [0.2, 0.25) is 0 Å². The van der Waals surface area contributed by atoms with Crippen LogP contribution in [-0.2, 0) is 4.79 Å². The summed E-state index contributed by atoms with van der Waals surface area (Å²) in [5.41, 5.74) is 3.15. The lowest BCUT2D eigenvalue weighted by Gasteiger charge is -2.27. The van der Waals surface area contributed by atoms with E-state index in [4.69, 9.17) is 9.84 Å². The van der Waals surface area contributed by atoms with Crippen LogP contribution in [-0.4, -0.2) is 42.3 Å². The minimum absolute atomic E-state index is 0.0671. The minimum Gasteiger partial charge on any atom is -0.481 e. The number of hydrogen-bond acceptors (Lipinski definition) is 6. The molecule has 3 heterocycles. The highest BCUT2D eigenvalue weighted by Gasteiger charge is 2.24. The standard InChI is InChI=1S/C26H24FN5O3/c27-20-7-3-17(4-8-20)25-30-26(32-31-25)19-5-11-22(28-15-19)18-6-12-23(29-14-18)35-21-9-1-16(2-10-21)13-24(33)34/h3-8,11-12,14-16,21H,1-2,9-10,13H2,(H,33,34)(H,30,31,32)/t16-,21-. The number of carboxylic acids is 1. The maximum atomic E-state index is 13.1. The van der Waals surface area contributed by atoms with Gasteiger partial charge in [0.25, 0.3) is 0 Å². The molecule has 0 spiro atoms. The summed E-state index contributed by atoms with van der Waals surface area (Å²) in [5.74, 6) is 0.888. The summed E-state index contributed by atoms with van der Waals surface area (Å²) in [7, 11) is 0. The lowest BCUT2D eigenvalue weighted by atomic mass is 9.85. The first kappa shape index (κ1) is 22.6. The molecular weight excluding hydrogens is 449 g/mol. The molecule has 178 valence electrons. The van der Waals surface area contributed by atoms with Crippen LogP contribution in [0.5, 0.6) is 5.88 Å². The van der Waals surface area contributed by atoms with Crippen molar-refractivity contribution in [1.29, 1.82) is 0 Å². The van der Waals surface area contributed by atoms with Crippen LogP contribution < -0.4 is 4.74 Å². The first-order valence-electron chi connectivity index (χ1n) is 11.5. The van der Waals surface area contributed by atoms with Crippen molar-refractivity contribution in [3.63, 3.8) is 0 Å². The number of H-pyrrole nitrogens is 1. The predicted molar refractivity (Wildman–Crippen MR) is 127 cm³/mol. The van der Waals surface area contributed by atoms with Gasteiger partial charge in [0.05, 0.1) is 5.69 Å². The molecule has 0 atom stereocenters. The summed E-state index contributed by atoms with van der Waals surface area (Å²) in [4.78, 5) is 23.0. The zero-order chi connectivity index (χ0) is 24.2. The zero-order valence-electron chi connectivity index (χ0n) is 18.9. The van der Waals surface area contributed by atoms with E-state index in [0.29, 0.717) is 17.5 Å². The Bertz CT molecular complexity index is 1280. The number of carboxylic acid groups (broad SMARTS) is 1. The fourth-order valence-corrected chi connectivity index (χ4v) is 4.31. The van der Waals surface area contributed by atoms with Crippen LogP contribution in [0, 0.1) is 11.7 Å². The molecule has 1 aliphatic carbocycles. The molecular formula is C26H24FN5O3.